The van der Waals surface area contributed by atoms with E-state index in [0.717, 1.165) is 36.4 Å². The molecule has 1 heterocycles. The van der Waals surface area contributed by atoms with Crippen LogP contribution in [0.3, 0.4) is 0 Å². The SMILES string of the molecule is N[C@@H](Cc1ccc(OCCc2ccccc2)cc1)C(=O)N1CCN(Cc2cccc(Cl)c2Cl)CC1. The molecule has 0 radical (unpaired) electrons. The van der Waals surface area contributed by atoms with E-state index in [-0.39, 0.29) is 5.91 Å². The van der Waals surface area contributed by atoms with Crippen molar-refractivity contribution in [2.45, 2.75) is 25.4 Å². The monoisotopic (exact) mass is 511 g/mol. The molecule has 0 spiro atoms. The first-order valence-corrected chi connectivity index (χ1v) is 12.7. The molecular formula is C28H31Cl2N3O2. The molecule has 3 aromatic carbocycles. The number of halogens is 2. The van der Waals surface area contributed by atoms with Gasteiger partial charge in [-0.1, -0.05) is 77.8 Å². The summed E-state index contributed by atoms with van der Waals surface area (Å²) in [6.45, 7) is 4.19. The second kappa shape index (κ2) is 12.4. The zero-order valence-corrected chi connectivity index (χ0v) is 21.2. The molecule has 7 heteroatoms. The number of ether oxygens (including phenoxy) is 1. The molecule has 35 heavy (non-hydrogen) atoms. The van der Waals surface area contributed by atoms with Gasteiger partial charge in [-0.2, -0.15) is 0 Å². The van der Waals surface area contributed by atoms with Crippen molar-refractivity contribution in [2.24, 2.45) is 5.73 Å². The number of amides is 1. The first kappa shape index (κ1) is 25.5. The van der Waals surface area contributed by atoms with Gasteiger partial charge < -0.3 is 15.4 Å². The van der Waals surface area contributed by atoms with Crippen molar-refractivity contribution in [3.63, 3.8) is 0 Å². The number of nitrogens with two attached hydrogens (primary N) is 1. The number of benzene rings is 3. The van der Waals surface area contributed by atoms with Gasteiger partial charge in [-0.3, -0.25) is 9.69 Å². The quantitative estimate of drug-likeness (QED) is 0.446. The Hall–Kier alpha value is -2.57. The fraction of sp³-hybridized carbons (Fsp3) is 0.321. The number of carbonyl (C=O) groups is 1. The van der Waals surface area contributed by atoms with Crippen molar-refractivity contribution in [3.05, 3.63) is 99.5 Å². The van der Waals surface area contributed by atoms with Crippen molar-refractivity contribution >= 4 is 29.1 Å². The average Bonchev–Trinajstić information content (AvgIpc) is 2.88. The molecular weight excluding hydrogens is 481 g/mol. The van der Waals surface area contributed by atoms with Crippen molar-refractivity contribution < 1.29 is 9.53 Å². The summed E-state index contributed by atoms with van der Waals surface area (Å²) >= 11 is 12.5. The minimum Gasteiger partial charge on any atom is -0.493 e. The highest BCUT2D eigenvalue weighted by Gasteiger charge is 2.25. The summed E-state index contributed by atoms with van der Waals surface area (Å²) in [5, 5.41) is 1.16. The standard InChI is InChI=1S/C28H31Cl2N3O2/c29-25-8-4-7-23(27(25)30)20-32-14-16-33(17-15-32)28(34)26(31)19-22-9-11-24(12-10-22)35-18-13-21-5-2-1-3-6-21/h1-12,26H,13-20,31H2/t26-/m0/s1. The topological polar surface area (TPSA) is 58.8 Å². The molecule has 0 bridgehead atoms. The van der Waals surface area contributed by atoms with Crippen molar-refractivity contribution in [1.29, 1.82) is 0 Å². The van der Waals surface area contributed by atoms with Gasteiger partial charge in [0.15, 0.2) is 0 Å². The summed E-state index contributed by atoms with van der Waals surface area (Å²) in [5.41, 5.74) is 9.57. The molecule has 2 N–H and O–H groups in total. The van der Waals surface area contributed by atoms with E-state index in [2.05, 4.69) is 17.0 Å². The van der Waals surface area contributed by atoms with Gasteiger partial charge in [0.25, 0.3) is 0 Å². The van der Waals surface area contributed by atoms with Crippen molar-refractivity contribution in [2.75, 3.05) is 32.8 Å². The smallest absolute Gasteiger partial charge is 0.239 e. The predicted octanol–water partition coefficient (Wildman–Crippen LogP) is 4.83. The summed E-state index contributed by atoms with van der Waals surface area (Å²) in [4.78, 5) is 17.1. The maximum absolute atomic E-state index is 12.9. The number of hydrogen-bond donors (Lipinski definition) is 1. The number of piperazine rings is 1. The molecule has 1 aliphatic rings. The summed E-state index contributed by atoms with van der Waals surface area (Å²) in [6, 6.07) is 23.2. The summed E-state index contributed by atoms with van der Waals surface area (Å²) < 4.78 is 5.85. The Kier molecular flexibility index (Phi) is 9.05. The van der Waals surface area contributed by atoms with Gasteiger partial charge in [-0.25, -0.2) is 0 Å². The lowest BCUT2D eigenvalue weighted by Crippen LogP contribution is -2.53. The number of nitrogens with zero attached hydrogens (tertiary/aromatic N) is 2. The van der Waals surface area contributed by atoms with Gasteiger partial charge in [0.1, 0.15) is 5.75 Å². The fourth-order valence-corrected chi connectivity index (χ4v) is 4.65. The lowest BCUT2D eigenvalue weighted by atomic mass is 10.0. The molecule has 1 saturated heterocycles. The highest BCUT2D eigenvalue weighted by Crippen LogP contribution is 2.26. The molecule has 1 atom stereocenters. The van der Waals surface area contributed by atoms with Gasteiger partial charge >= 0.3 is 0 Å². The van der Waals surface area contributed by atoms with Crippen LogP contribution in [0.15, 0.2) is 72.8 Å². The predicted molar refractivity (Wildman–Crippen MR) is 142 cm³/mol. The Morgan fingerprint density at radius 1 is 0.886 bits per heavy atom. The van der Waals surface area contributed by atoms with Crippen LogP contribution in [0.4, 0.5) is 0 Å². The third kappa shape index (κ3) is 7.21. The van der Waals surface area contributed by atoms with Gasteiger partial charge in [0, 0.05) is 39.1 Å². The summed E-state index contributed by atoms with van der Waals surface area (Å²) in [5.74, 6) is 0.814. The first-order valence-electron chi connectivity index (χ1n) is 11.9. The van der Waals surface area contributed by atoms with E-state index in [1.165, 1.54) is 5.56 Å². The normalized spacial score (nSPS) is 15.1. The Bertz CT molecular complexity index is 1100. The van der Waals surface area contributed by atoms with E-state index in [9.17, 15) is 4.79 Å². The van der Waals surface area contributed by atoms with E-state index in [0.29, 0.717) is 42.7 Å². The van der Waals surface area contributed by atoms with Crippen LogP contribution < -0.4 is 10.5 Å². The Morgan fingerprint density at radius 3 is 2.31 bits per heavy atom. The maximum Gasteiger partial charge on any atom is 0.239 e. The number of carbonyl (C=O) groups excluding carboxylic acids is 1. The van der Waals surface area contributed by atoms with E-state index in [1.807, 2.05) is 59.5 Å². The van der Waals surface area contributed by atoms with Gasteiger partial charge in [-0.15, -0.1) is 0 Å². The van der Waals surface area contributed by atoms with Crippen LogP contribution in [0.2, 0.25) is 10.0 Å². The Balaban J connectivity index is 1.21. The molecule has 0 unspecified atom stereocenters. The molecule has 0 aromatic heterocycles. The van der Waals surface area contributed by atoms with Gasteiger partial charge in [0.2, 0.25) is 5.91 Å². The lowest BCUT2D eigenvalue weighted by molar-refractivity contribution is -0.134. The molecule has 184 valence electrons. The third-order valence-corrected chi connectivity index (χ3v) is 7.17. The van der Waals surface area contributed by atoms with Crippen molar-refractivity contribution in [3.8, 4) is 5.75 Å². The molecule has 4 rings (SSSR count). The molecule has 1 amide bonds. The molecule has 5 nitrogen and oxygen atoms in total. The highest BCUT2D eigenvalue weighted by molar-refractivity contribution is 6.42. The van der Waals surface area contributed by atoms with E-state index < -0.39 is 6.04 Å². The lowest BCUT2D eigenvalue weighted by Gasteiger charge is -2.36. The van der Waals surface area contributed by atoms with Crippen LogP contribution in [-0.2, 0) is 24.2 Å². The maximum atomic E-state index is 12.9. The van der Waals surface area contributed by atoms with Crippen LogP contribution in [0.5, 0.6) is 5.75 Å². The Labute approximate surface area is 217 Å². The zero-order valence-electron chi connectivity index (χ0n) is 19.7. The summed E-state index contributed by atoms with van der Waals surface area (Å²) in [7, 11) is 0. The van der Waals surface area contributed by atoms with E-state index in [1.54, 1.807) is 6.07 Å². The second-order valence-corrected chi connectivity index (χ2v) is 9.64. The number of hydrogen-bond acceptors (Lipinski definition) is 4. The van der Waals surface area contributed by atoms with Crippen LogP contribution in [-0.4, -0.2) is 54.5 Å². The van der Waals surface area contributed by atoms with Crippen LogP contribution in [0.1, 0.15) is 16.7 Å². The minimum atomic E-state index is -0.561. The molecule has 1 fully saturated rings. The first-order chi connectivity index (χ1) is 17.0. The van der Waals surface area contributed by atoms with E-state index in [4.69, 9.17) is 33.7 Å². The number of rotatable bonds is 9. The minimum absolute atomic E-state index is 0.00590. The highest BCUT2D eigenvalue weighted by atomic mass is 35.5. The van der Waals surface area contributed by atoms with Crippen LogP contribution in [0, 0.1) is 0 Å². The fourth-order valence-electron chi connectivity index (χ4n) is 4.27. The van der Waals surface area contributed by atoms with Crippen molar-refractivity contribution in [1.82, 2.24) is 9.80 Å². The molecule has 0 aliphatic carbocycles. The largest absolute Gasteiger partial charge is 0.493 e. The van der Waals surface area contributed by atoms with Gasteiger partial charge in [-0.05, 0) is 41.3 Å². The van der Waals surface area contributed by atoms with E-state index >= 15 is 0 Å². The molecule has 0 saturated carbocycles. The second-order valence-electron chi connectivity index (χ2n) is 8.85. The zero-order chi connectivity index (χ0) is 24.6. The molecule has 3 aromatic rings. The third-order valence-electron chi connectivity index (χ3n) is 6.31. The Morgan fingerprint density at radius 2 is 1.60 bits per heavy atom. The van der Waals surface area contributed by atoms with Crippen LogP contribution in [0.25, 0.3) is 0 Å². The van der Waals surface area contributed by atoms with Gasteiger partial charge in [0.05, 0.1) is 22.7 Å². The van der Waals surface area contributed by atoms with Crippen LogP contribution >= 0.6 is 23.2 Å². The molecule has 1 aliphatic heterocycles. The average molecular weight is 512 g/mol. The summed E-state index contributed by atoms with van der Waals surface area (Å²) in [6.07, 6.45) is 1.36.